The number of hydrogen-bond donors (Lipinski definition) is 2. The minimum absolute atomic E-state index is 0.224. The molecule has 1 atom stereocenters. The van der Waals surface area contributed by atoms with Gasteiger partial charge in [0.2, 0.25) is 5.91 Å². The van der Waals surface area contributed by atoms with Crippen LogP contribution >= 0.6 is 0 Å². The van der Waals surface area contributed by atoms with Crippen molar-refractivity contribution in [3.05, 3.63) is 54.1 Å². The van der Waals surface area contributed by atoms with E-state index in [-0.39, 0.29) is 5.75 Å². The predicted molar refractivity (Wildman–Crippen MR) is 96.3 cm³/mol. The van der Waals surface area contributed by atoms with E-state index in [0.717, 1.165) is 17.8 Å². The summed E-state index contributed by atoms with van der Waals surface area (Å²) in [6, 6.07) is 10.1. The van der Waals surface area contributed by atoms with Crippen molar-refractivity contribution < 1.29 is 18.7 Å². The number of halogens is 2. The standard InChI is InChI=1S/C19H21F2N3O2/c1-13(19(26)22-18-14(20)5-4-6-15(18)21)23-9-11-24(12-10-23)16-7-2-3-8-17(16)25/h2-8,13,25H,9-12H2,1H3,(H,22,26)/t13-/m1/s1. The van der Waals surface area contributed by atoms with E-state index in [1.54, 1.807) is 19.1 Å². The van der Waals surface area contributed by atoms with Crippen LogP contribution in [-0.4, -0.2) is 48.1 Å². The van der Waals surface area contributed by atoms with Crippen molar-refractivity contribution in [1.82, 2.24) is 4.90 Å². The molecule has 2 aromatic rings. The molecule has 0 aromatic heterocycles. The number of piperazine rings is 1. The predicted octanol–water partition coefficient (Wildman–Crippen LogP) is 2.82. The molecule has 3 rings (SSSR count). The summed E-state index contributed by atoms with van der Waals surface area (Å²) in [7, 11) is 0. The Kier molecular flexibility index (Phi) is 5.37. The first-order valence-electron chi connectivity index (χ1n) is 8.49. The largest absolute Gasteiger partial charge is 0.506 e. The van der Waals surface area contributed by atoms with Crippen LogP contribution in [0, 0.1) is 11.6 Å². The normalized spacial score (nSPS) is 16.3. The van der Waals surface area contributed by atoms with E-state index in [1.807, 2.05) is 21.9 Å². The highest BCUT2D eigenvalue weighted by atomic mass is 19.1. The van der Waals surface area contributed by atoms with Crippen LogP contribution < -0.4 is 10.2 Å². The lowest BCUT2D eigenvalue weighted by Gasteiger charge is -2.38. The van der Waals surface area contributed by atoms with Crippen LogP contribution in [0.4, 0.5) is 20.2 Å². The van der Waals surface area contributed by atoms with Gasteiger partial charge in [-0.3, -0.25) is 9.69 Å². The van der Waals surface area contributed by atoms with Crippen molar-refractivity contribution in [2.75, 3.05) is 36.4 Å². The van der Waals surface area contributed by atoms with Crippen LogP contribution in [0.15, 0.2) is 42.5 Å². The minimum Gasteiger partial charge on any atom is -0.506 e. The Bertz CT molecular complexity index is 772. The summed E-state index contributed by atoms with van der Waals surface area (Å²) >= 11 is 0. The van der Waals surface area contributed by atoms with Crippen molar-refractivity contribution >= 4 is 17.3 Å². The smallest absolute Gasteiger partial charge is 0.241 e. The van der Waals surface area contributed by atoms with Gasteiger partial charge in [0.15, 0.2) is 0 Å². The number of anilines is 2. The van der Waals surface area contributed by atoms with Crippen LogP contribution in [0.5, 0.6) is 5.75 Å². The number of hydrogen-bond acceptors (Lipinski definition) is 4. The van der Waals surface area contributed by atoms with E-state index in [4.69, 9.17) is 0 Å². The van der Waals surface area contributed by atoms with E-state index < -0.39 is 29.3 Å². The van der Waals surface area contributed by atoms with E-state index >= 15 is 0 Å². The summed E-state index contributed by atoms with van der Waals surface area (Å²) in [5.41, 5.74) is 0.342. The minimum atomic E-state index is -0.796. The van der Waals surface area contributed by atoms with Gasteiger partial charge in [0.1, 0.15) is 23.1 Å². The Balaban J connectivity index is 1.60. The number of amides is 1. The van der Waals surface area contributed by atoms with E-state index in [2.05, 4.69) is 5.32 Å². The molecule has 1 aliphatic rings. The zero-order valence-electron chi connectivity index (χ0n) is 14.5. The number of para-hydroxylation sites is 3. The van der Waals surface area contributed by atoms with Crippen LogP contribution in [-0.2, 0) is 4.79 Å². The van der Waals surface area contributed by atoms with Gasteiger partial charge in [-0.1, -0.05) is 18.2 Å². The summed E-state index contributed by atoms with van der Waals surface area (Å²) < 4.78 is 27.4. The number of aromatic hydroxyl groups is 1. The highest BCUT2D eigenvalue weighted by molar-refractivity contribution is 5.94. The molecule has 138 valence electrons. The molecule has 0 unspecified atom stereocenters. The molecule has 7 heteroatoms. The lowest BCUT2D eigenvalue weighted by molar-refractivity contribution is -0.120. The fraction of sp³-hybridized carbons (Fsp3) is 0.316. The maximum atomic E-state index is 13.7. The number of nitrogens with one attached hydrogen (secondary N) is 1. The fourth-order valence-electron chi connectivity index (χ4n) is 3.09. The Morgan fingerprint density at radius 1 is 1.04 bits per heavy atom. The lowest BCUT2D eigenvalue weighted by atomic mass is 10.2. The Hall–Kier alpha value is -2.67. The first-order valence-corrected chi connectivity index (χ1v) is 8.49. The van der Waals surface area contributed by atoms with E-state index in [1.165, 1.54) is 6.07 Å². The number of phenolic OH excluding ortho intramolecular Hbond substituents is 1. The third kappa shape index (κ3) is 3.77. The number of carbonyl (C=O) groups is 1. The van der Waals surface area contributed by atoms with Gasteiger partial charge in [-0.2, -0.15) is 0 Å². The Labute approximate surface area is 150 Å². The molecule has 1 aliphatic heterocycles. The second-order valence-corrected chi connectivity index (χ2v) is 6.27. The van der Waals surface area contributed by atoms with Crippen molar-refractivity contribution in [3.8, 4) is 5.75 Å². The van der Waals surface area contributed by atoms with Gasteiger partial charge in [0, 0.05) is 26.2 Å². The zero-order valence-corrected chi connectivity index (χ0v) is 14.5. The van der Waals surface area contributed by atoms with Crippen LogP contribution in [0.3, 0.4) is 0 Å². The quantitative estimate of drug-likeness (QED) is 0.879. The molecule has 0 radical (unpaired) electrons. The maximum Gasteiger partial charge on any atom is 0.241 e. The zero-order chi connectivity index (χ0) is 18.7. The first kappa shape index (κ1) is 18.1. The molecular weight excluding hydrogens is 340 g/mol. The molecule has 26 heavy (non-hydrogen) atoms. The van der Waals surface area contributed by atoms with Gasteiger partial charge in [-0.25, -0.2) is 8.78 Å². The number of benzene rings is 2. The molecule has 1 amide bonds. The molecule has 0 bridgehead atoms. The van der Waals surface area contributed by atoms with Gasteiger partial charge in [-0.15, -0.1) is 0 Å². The molecule has 1 saturated heterocycles. The SMILES string of the molecule is C[C@H](C(=O)Nc1c(F)cccc1F)N1CCN(c2ccccc2O)CC1. The highest BCUT2D eigenvalue weighted by Crippen LogP contribution is 2.27. The molecule has 2 N–H and O–H groups in total. The van der Waals surface area contributed by atoms with Crippen molar-refractivity contribution in [1.29, 1.82) is 0 Å². The third-order valence-corrected chi connectivity index (χ3v) is 4.67. The fourth-order valence-corrected chi connectivity index (χ4v) is 3.09. The summed E-state index contributed by atoms with van der Waals surface area (Å²) in [5, 5.41) is 12.3. The van der Waals surface area contributed by atoms with Crippen molar-refractivity contribution in [3.63, 3.8) is 0 Å². The highest BCUT2D eigenvalue weighted by Gasteiger charge is 2.27. The molecule has 1 fully saturated rings. The van der Waals surface area contributed by atoms with E-state index in [0.29, 0.717) is 26.2 Å². The lowest BCUT2D eigenvalue weighted by Crippen LogP contribution is -2.52. The van der Waals surface area contributed by atoms with Gasteiger partial charge >= 0.3 is 0 Å². The topological polar surface area (TPSA) is 55.8 Å². The van der Waals surface area contributed by atoms with Crippen molar-refractivity contribution in [2.24, 2.45) is 0 Å². The van der Waals surface area contributed by atoms with Crippen molar-refractivity contribution in [2.45, 2.75) is 13.0 Å². The number of phenols is 1. The van der Waals surface area contributed by atoms with Gasteiger partial charge in [-0.05, 0) is 31.2 Å². The summed E-state index contributed by atoms with van der Waals surface area (Å²) in [6.45, 7) is 4.20. The van der Waals surface area contributed by atoms with Gasteiger partial charge < -0.3 is 15.3 Å². The van der Waals surface area contributed by atoms with Crippen LogP contribution in [0.2, 0.25) is 0 Å². The molecule has 2 aromatic carbocycles. The summed E-state index contributed by atoms with van der Waals surface area (Å²) in [5.74, 6) is -1.82. The maximum absolute atomic E-state index is 13.7. The second-order valence-electron chi connectivity index (χ2n) is 6.27. The molecule has 0 spiro atoms. The number of nitrogens with zero attached hydrogens (tertiary/aromatic N) is 2. The number of carbonyl (C=O) groups excluding carboxylic acids is 1. The monoisotopic (exact) mass is 361 g/mol. The van der Waals surface area contributed by atoms with Crippen LogP contribution in [0.1, 0.15) is 6.92 Å². The summed E-state index contributed by atoms with van der Waals surface area (Å²) in [4.78, 5) is 16.4. The summed E-state index contributed by atoms with van der Waals surface area (Å²) in [6.07, 6.45) is 0. The molecule has 0 aliphatic carbocycles. The average molecular weight is 361 g/mol. The molecule has 1 heterocycles. The third-order valence-electron chi connectivity index (χ3n) is 4.67. The Morgan fingerprint density at radius 3 is 2.27 bits per heavy atom. The van der Waals surface area contributed by atoms with E-state index in [9.17, 15) is 18.7 Å². The molecule has 5 nitrogen and oxygen atoms in total. The van der Waals surface area contributed by atoms with Gasteiger partial charge in [0.25, 0.3) is 0 Å². The van der Waals surface area contributed by atoms with Gasteiger partial charge in [0.05, 0.1) is 11.7 Å². The Morgan fingerprint density at radius 2 is 1.65 bits per heavy atom. The first-order chi connectivity index (χ1) is 12.5. The molecule has 0 saturated carbocycles. The second kappa shape index (κ2) is 7.70. The molecular formula is C19H21F2N3O2. The van der Waals surface area contributed by atoms with Crippen LogP contribution in [0.25, 0.3) is 0 Å². The average Bonchev–Trinajstić information content (AvgIpc) is 2.65. The number of rotatable bonds is 4.